The average Bonchev–Trinajstić information content (AvgIpc) is 2.40. The van der Waals surface area contributed by atoms with Gasteiger partial charge in [0, 0.05) is 19.3 Å². The topological polar surface area (TPSA) is 44.5 Å². The maximum absolute atomic E-state index is 6.30. The number of ether oxygens (including phenoxy) is 2. The normalized spacial score (nSPS) is 17.9. The van der Waals surface area contributed by atoms with E-state index < -0.39 is 0 Å². The van der Waals surface area contributed by atoms with Crippen LogP contribution in [0.2, 0.25) is 0 Å². The molecule has 1 atom stereocenters. The summed E-state index contributed by atoms with van der Waals surface area (Å²) in [5, 5.41) is 0. The van der Waals surface area contributed by atoms with Crippen LogP contribution in [-0.4, -0.2) is 19.8 Å². The summed E-state index contributed by atoms with van der Waals surface area (Å²) in [5.41, 5.74) is 7.49. The lowest BCUT2D eigenvalue weighted by molar-refractivity contribution is 0.0584. The first-order valence-electron chi connectivity index (χ1n) is 6.37. The monoisotopic (exact) mass is 271 g/mol. The molecule has 0 spiro atoms. The van der Waals surface area contributed by atoms with E-state index in [9.17, 15) is 0 Å². The van der Waals surface area contributed by atoms with Crippen LogP contribution in [0.3, 0.4) is 0 Å². The highest BCUT2D eigenvalue weighted by atomic mass is 35.5. The Morgan fingerprint density at radius 1 is 1.28 bits per heavy atom. The Kier molecular flexibility index (Phi) is 6.47. The lowest BCUT2D eigenvalue weighted by Gasteiger charge is -2.27. The Morgan fingerprint density at radius 2 is 1.89 bits per heavy atom. The van der Waals surface area contributed by atoms with Gasteiger partial charge in [-0.1, -0.05) is 12.1 Å². The quantitative estimate of drug-likeness (QED) is 0.916. The molecular formula is C14H22ClNO2. The van der Waals surface area contributed by atoms with Crippen LogP contribution >= 0.6 is 12.4 Å². The van der Waals surface area contributed by atoms with Gasteiger partial charge in [0.15, 0.2) is 0 Å². The Balaban J connectivity index is 0.00000162. The third-order valence-corrected chi connectivity index (χ3v) is 3.35. The van der Waals surface area contributed by atoms with E-state index >= 15 is 0 Å². The van der Waals surface area contributed by atoms with Crippen LogP contribution in [0.5, 0.6) is 5.75 Å². The molecule has 1 aliphatic heterocycles. The van der Waals surface area contributed by atoms with Crippen LogP contribution in [0.15, 0.2) is 24.3 Å². The lowest BCUT2D eigenvalue weighted by Crippen LogP contribution is -2.27. The molecule has 1 aromatic rings. The maximum Gasteiger partial charge on any atom is 0.119 e. The zero-order valence-corrected chi connectivity index (χ0v) is 11.6. The minimum atomic E-state index is 0. The van der Waals surface area contributed by atoms with Crippen LogP contribution < -0.4 is 10.5 Å². The fourth-order valence-corrected chi connectivity index (χ4v) is 2.30. The van der Waals surface area contributed by atoms with Crippen LogP contribution in [0.25, 0.3) is 0 Å². The number of rotatable bonds is 4. The average molecular weight is 272 g/mol. The Bertz CT molecular complexity index is 336. The van der Waals surface area contributed by atoms with Crippen molar-refractivity contribution in [2.24, 2.45) is 11.7 Å². The van der Waals surface area contributed by atoms with Crippen molar-refractivity contribution in [1.29, 1.82) is 0 Å². The van der Waals surface area contributed by atoms with Crippen molar-refractivity contribution in [3.8, 4) is 5.75 Å². The fourth-order valence-electron chi connectivity index (χ4n) is 2.30. The molecular weight excluding hydrogens is 250 g/mol. The van der Waals surface area contributed by atoms with Gasteiger partial charge in [-0.25, -0.2) is 0 Å². The largest absolute Gasteiger partial charge is 0.494 e. The van der Waals surface area contributed by atoms with Crippen molar-refractivity contribution in [3.05, 3.63) is 29.8 Å². The molecule has 1 heterocycles. The fraction of sp³-hybridized carbons (Fsp3) is 0.571. The summed E-state index contributed by atoms with van der Waals surface area (Å²) in [6.45, 7) is 4.37. The first kappa shape index (κ1) is 15.3. The van der Waals surface area contributed by atoms with Crippen LogP contribution in [0.4, 0.5) is 0 Å². The number of nitrogens with two attached hydrogens (primary N) is 1. The van der Waals surface area contributed by atoms with E-state index in [4.69, 9.17) is 15.2 Å². The molecule has 2 N–H and O–H groups in total. The molecule has 1 fully saturated rings. The van der Waals surface area contributed by atoms with Gasteiger partial charge in [-0.2, -0.15) is 0 Å². The van der Waals surface area contributed by atoms with Gasteiger partial charge >= 0.3 is 0 Å². The summed E-state index contributed by atoms with van der Waals surface area (Å²) in [5.74, 6) is 1.46. The van der Waals surface area contributed by atoms with E-state index in [1.807, 2.05) is 19.1 Å². The zero-order chi connectivity index (χ0) is 12.1. The molecule has 1 saturated heterocycles. The highest BCUT2D eigenvalue weighted by molar-refractivity contribution is 5.85. The molecule has 0 aromatic heterocycles. The molecule has 1 aliphatic rings. The third kappa shape index (κ3) is 3.87. The highest BCUT2D eigenvalue weighted by Crippen LogP contribution is 2.28. The minimum Gasteiger partial charge on any atom is -0.494 e. The van der Waals surface area contributed by atoms with Gasteiger partial charge in [-0.15, -0.1) is 12.4 Å². The van der Waals surface area contributed by atoms with Gasteiger partial charge in [0.25, 0.3) is 0 Å². The van der Waals surface area contributed by atoms with Crippen molar-refractivity contribution in [2.75, 3.05) is 19.8 Å². The van der Waals surface area contributed by atoms with Crippen LogP contribution in [-0.2, 0) is 4.74 Å². The summed E-state index contributed by atoms with van der Waals surface area (Å²) in [6, 6.07) is 8.27. The molecule has 18 heavy (non-hydrogen) atoms. The Labute approximate surface area is 115 Å². The number of benzene rings is 1. The first-order valence-corrected chi connectivity index (χ1v) is 6.37. The molecule has 0 aliphatic carbocycles. The summed E-state index contributed by atoms with van der Waals surface area (Å²) < 4.78 is 10.8. The standard InChI is InChI=1S/C14H21NO2.ClH/c1-2-17-13-5-3-11(4-6-13)14(15)12-7-9-16-10-8-12;/h3-6,12,14H,2,7-10,15H2,1H3;1H/t14-;/m0./s1. The second-order valence-corrected chi connectivity index (χ2v) is 4.48. The predicted octanol–water partition coefficient (Wildman–Crippen LogP) is 2.93. The van der Waals surface area contributed by atoms with E-state index in [0.29, 0.717) is 12.5 Å². The molecule has 102 valence electrons. The molecule has 0 saturated carbocycles. The Morgan fingerprint density at radius 3 is 2.44 bits per heavy atom. The van der Waals surface area contributed by atoms with Crippen molar-refractivity contribution in [2.45, 2.75) is 25.8 Å². The molecule has 2 rings (SSSR count). The van der Waals surface area contributed by atoms with Gasteiger partial charge in [-0.05, 0) is 43.4 Å². The summed E-state index contributed by atoms with van der Waals surface area (Å²) in [4.78, 5) is 0. The number of hydrogen-bond donors (Lipinski definition) is 1. The number of halogens is 1. The van der Waals surface area contributed by atoms with Gasteiger partial charge in [-0.3, -0.25) is 0 Å². The van der Waals surface area contributed by atoms with Gasteiger partial charge in [0.05, 0.1) is 6.61 Å². The van der Waals surface area contributed by atoms with Gasteiger partial charge in [0.1, 0.15) is 5.75 Å². The first-order chi connectivity index (χ1) is 8.31. The van der Waals surface area contributed by atoms with Crippen molar-refractivity contribution in [3.63, 3.8) is 0 Å². The predicted molar refractivity (Wildman–Crippen MR) is 75.3 cm³/mol. The molecule has 0 bridgehead atoms. The zero-order valence-electron chi connectivity index (χ0n) is 10.8. The van der Waals surface area contributed by atoms with E-state index in [2.05, 4.69) is 12.1 Å². The maximum atomic E-state index is 6.30. The third-order valence-electron chi connectivity index (χ3n) is 3.35. The van der Waals surface area contributed by atoms with Gasteiger partial charge < -0.3 is 15.2 Å². The molecule has 1 aromatic carbocycles. The van der Waals surface area contributed by atoms with E-state index in [0.717, 1.165) is 31.8 Å². The van der Waals surface area contributed by atoms with E-state index in [1.165, 1.54) is 5.56 Å². The second-order valence-electron chi connectivity index (χ2n) is 4.48. The van der Waals surface area contributed by atoms with Crippen molar-refractivity contribution >= 4 is 12.4 Å². The van der Waals surface area contributed by atoms with E-state index in [1.54, 1.807) is 0 Å². The molecule has 4 heteroatoms. The highest BCUT2D eigenvalue weighted by Gasteiger charge is 2.22. The lowest BCUT2D eigenvalue weighted by atomic mass is 9.88. The van der Waals surface area contributed by atoms with Crippen LogP contribution in [0, 0.1) is 5.92 Å². The second kappa shape index (κ2) is 7.62. The SMILES string of the molecule is CCOc1ccc([C@H](N)C2CCOCC2)cc1.Cl. The van der Waals surface area contributed by atoms with Crippen molar-refractivity contribution < 1.29 is 9.47 Å². The van der Waals surface area contributed by atoms with E-state index in [-0.39, 0.29) is 18.4 Å². The molecule has 0 amide bonds. The molecule has 0 radical (unpaired) electrons. The summed E-state index contributed by atoms with van der Waals surface area (Å²) in [7, 11) is 0. The Hall–Kier alpha value is -0.770. The summed E-state index contributed by atoms with van der Waals surface area (Å²) in [6.07, 6.45) is 2.13. The van der Waals surface area contributed by atoms with Crippen LogP contribution in [0.1, 0.15) is 31.4 Å². The molecule has 0 unspecified atom stereocenters. The minimum absolute atomic E-state index is 0. The summed E-state index contributed by atoms with van der Waals surface area (Å²) >= 11 is 0. The molecule has 3 nitrogen and oxygen atoms in total. The number of hydrogen-bond acceptors (Lipinski definition) is 3. The smallest absolute Gasteiger partial charge is 0.119 e. The van der Waals surface area contributed by atoms with Gasteiger partial charge in [0.2, 0.25) is 0 Å². The van der Waals surface area contributed by atoms with Crippen molar-refractivity contribution in [1.82, 2.24) is 0 Å².